The third-order valence-corrected chi connectivity index (χ3v) is 3.84. The van der Waals surface area contributed by atoms with E-state index in [-0.39, 0.29) is 5.41 Å². The second kappa shape index (κ2) is 7.66. The van der Waals surface area contributed by atoms with Gasteiger partial charge in [0.25, 0.3) is 5.91 Å². The molecule has 0 fully saturated rings. The van der Waals surface area contributed by atoms with Crippen LogP contribution in [0.3, 0.4) is 0 Å². The Balaban J connectivity index is 1.97. The van der Waals surface area contributed by atoms with Crippen molar-refractivity contribution in [3.05, 3.63) is 58.7 Å². The molecule has 1 amide bonds. The number of rotatable bonds is 4. The summed E-state index contributed by atoms with van der Waals surface area (Å²) >= 11 is 5.74. The first-order chi connectivity index (χ1) is 11.7. The molecule has 0 saturated heterocycles. The SMILES string of the molecule is CC(OC(=O)c1ccc(C(C)(C)C)cc1)C(=O)Nc1ccc(Cl)cn1. The Bertz CT molecular complexity index is 750. The van der Waals surface area contributed by atoms with Gasteiger partial charge in [-0.3, -0.25) is 4.79 Å². The van der Waals surface area contributed by atoms with Crippen molar-refractivity contribution in [3.8, 4) is 0 Å². The number of hydrogen-bond acceptors (Lipinski definition) is 4. The molecule has 0 saturated carbocycles. The molecule has 2 aromatic rings. The van der Waals surface area contributed by atoms with Gasteiger partial charge in [0.1, 0.15) is 5.82 Å². The van der Waals surface area contributed by atoms with Gasteiger partial charge in [-0.2, -0.15) is 0 Å². The molecular weight excluding hydrogens is 340 g/mol. The van der Waals surface area contributed by atoms with Gasteiger partial charge in [0, 0.05) is 6.20 Å². The summed E-state index contributed by atoms with van der Waals surface area (Å²) in [5, 5.41) is 3.04. The largest absolute Gasteiger partial charge is 0.449 e. The molecule has 0 aliphatic rings. The van der Waals surface area contributed by atoms with Gasteiger partial charge in [0.2, 0.25) is 0 Å². The van der Waals surface area contributed by atoms with E-state index in [2.05, 4.69) is 31.1 Å². The van der Waals surface area contributed by atoms with Crippen molar-refractivity contribution in [1.82, 2.24) is 4.98 Å². The fourth-order valence-corrected chi connectivity index (χ4v) is 2.18. The van der Waals surface area contributed by atoms with Crippen molar-refractivity contribution in [2.24, 2.45) is 0 Å². The minimum Gasteiger partial charge on any atom is -0.449 e. The summed E-state index contributed by atoms with van der Waals surface area (Å²) in [5.41, 5.74) is 1.52. The van der Waals surface area contributed by atoms with Crippen LogP contribution in [0.15, 0.2) is 42.6 Å². The Morgan fingerprint density at radius 1 is 1.12 bits per heavy atom. The molecule has 0 aliphatic heterocycles. The molecule has 0 radical (unpaired) electrons. The fraction of sp³-hybridized carbons (Fsp3) is 0.316. The van der Waals surface area contributed by atoms with E-state index in [1.54, 1.807) is 24.3 Å². The predicted molar refractivity (Wildman–Crippen MR) is 97.9 cm³/mol. The van der Waals surface area contributed by atoms with Gasteiger partial charge in [-0.05, 0) is 42.2 Å². The van der Waals surface area contributed by atoms with E-state index in [9.17, 15) is 9.59 Å². The lowest BCUT2D eigenvalue weighted by molar-refractivity contribution is -0.123. The average Bonchev–Trinajstić information content (AvgIpc) is 2.56. The maximum Gasteiger partial charge on any atom is 0.338 e. The van der Waals surface area contributed by atoms with Crippen LogP contribution in [-0.4, -0.2) is 23.0 Å². The number of carbonyl (C=O) groups is 2. The summed E-state index contributed by atoms with van der Waals surface area (Å²) in [7, 11) is 0. The zero-order chi connectivity index (χ0) is 18.6. The summed E-state index contributed by atoms with van der Waals surface area (Å²) in [4.78, 5) is 28.2. The highest BCUT2D eigenvalue weighted by Gasteiger charge is 2.20. The topological polar surface area (TPSA) is 68.3 Å². The highest BCUT2D eigenvalue weighted by Crippen LogP contribution is 2.22. The van der Waals surface area contributed by atoms with Gasteiger partial charge in [0.15, 0.2) is 6.10 Å². The monoisotopic (exact) mass is 360 g/mol. The average molecular weight is 361 g/mol. The van der Waals surface area contributed by atoms with E-state index in [1.807, 2.05) is 12.1 Å². The van der Waals surface area contributed by atoms with Crippen LogP contribution in [0, 0.1) is 0 Å². The van der Waals surface area contributed by atoms with E-state index < -0.39 is 18.0 Å². The molecule has 132 valence electrons. The van der Waals surface area contributed by atoms with E-state index in [4.69, 9.17) is 16.3 Å². The zero-order valence-electron chi connectivity index (χ0n) is 14.7. The van der Waals surface area contributed by atoms with Crippen molar-refractivity contribution in [2.75, 3.05) is 5.32 Å². The molecule has 0 bridgehead atoms. The number of nitrogens with one attached hydrogen (secondary N) is 1. The molecule has 1 aromatic carbocycles. The van der Waals surface area contributed by atoms with Crippen LogP contribution in [0.2, 0.25) is 5.02 Å². The minimum atomic E-state index is -0.952. The van der Waals surface area contributed by atoms with Crippen LogP contribution in [0.25, 0.3) is 0 Å². The molecule has 1 N–H and O–H groups in total. The highest BCUT2D eigenvalue weighted by molar-refractivity contribution is 6.30. The lowest BCUT2D eigenvalue weighted by Gasteiger charge is -2.19. The number of carbonyl (C=O) groups excluding carboxylic acids is 2. The lowest BCUT2D eigenvalue weighted by Crippen LogP contribution is -2.30. The van der Waals surface area contributed by atoms with Crippen LogP contribution in [0.4, 0.5) is 5.82 Å². The molecule has 2 rings (SSSR count). The zero-order valence-corrected chi connectivity index (χ0v) is 15.4. The van der Waals surface area contributed by atoms with Crippen molar-refractivity contribution >= 4 is 29.3 Å². The smallest absolute Gasteiger partial charge is 0.338 e. The molecule has 1 aromatic heterocycles. The first kappa shape index (κ1) is 18.9. The molecule has 0 spiro atoms. The van der Waals surface area contributed by atoms with Gasteiger partial charge in [-0.15, -0.1) is 0 Å². The Morgan fingerprint density at radius 2 is 1.76 bits per heavy atom. The summed E-state index contributed by atoms with van der Waals surface area (Å²) in [6.45, 7) is 7.79. The van der Waals surface area contributed by atoms with Crippen molar-refractivity contribution in [3.63, 3.8) is 0 Å². The molecule has 1 atom stereocenters. The van der Waals surface area contributed by atoms with Crippen LogP contribution in [0.1, 0.15) is 43.6 Å². The maximum absolute atomic E-state index is 12.2. The summed E-state index contributed by atoms with van der Waals surface area (Å²) in [6, 6.07) is 10.4. The standard InChI is InChI=1S/C19H21ClN2O3/c1-12(17(23)22-16-10-9-15(20)11-21-16)25-18(24)13-5-7-14(8-6-13)19(2,3)4/h5-12H,1-4H3,(H,21,22,23). The lowest BCUT2D eigenvalue weighted by atomic mass is 9.87. The number of esters is 1. The molecule has 1 heterocycles. The second-order valence-corrected chi connectivity index (χ2v) is 7.16. The first-order valence-electron chi connectivity index (χ1n) is 7.91. The number of aromatic nitrogens is 1. The van der Waals surface area contributed by atoms with Gasteiger partial charge < -0.3 is 10.1 Å². The van der Waals surface area contributed by atoms with E-state index in [0.29, 0.717) is 16.4 Å². The summed E-state index contributed by atoms with van der Waals surface area (Å²) in [5.74, 6) is -0.673. The first-order valence-corrected chi connectivity index (χ1v) is 8.28. The Morgan fingerprint density at radius 3 is 2.28 bits per heavy atom. The number of ether oxygens (including phenoxy) is 1. The molecule has 1 unspecified atom stereocenters. The number of nitrogens with zero attached hydrogens (tertiary/aromatic N) is 1. The van der Waals surface area contributed by atoms with Gasteiger partial charge in [-0.1, -0.05) is 44.5 Å². The minimum absolute atomic E-state index is 0.00118. The van der Waals surface area contributed by atoms with Crippen LogP contribution in [0.5, 0.6) is 0 Å². The number of hydrogen-bond donors (Lipinski definition) is 1. The molecule has 5 nitrogen and oxygen atoms in total. The van der Waals surface area contributed by atoms with E-state index >= 15 is 0 Å². The molecule has 6 heteroatoms. The third kappa shape index (κ3) is 5.29. The van der Waals surface area contributed by atoms with E-state index in [1.165, 1.54) is 13.1 Å². The molecule has 0 aliphatic carbocycles. The number of pyridine rings is 1. The second-order valence-electron chi connectivity index (χ2n) is 6.73. The van der Waals surface area contributed by atoms with Crippen LogP contribution < -0.4 is 5.32 Å². The van der Waals surface area contributed by atoms with Gasteiger partial charge >= 0.3 is 5.97 Å². The van der Waals surface area contributed by atoms with Crippen LogP contribution >= 0.6 is 11.6 Å². The normalized spacial score (nSPS) is 12.4. The maximum atomic E-state index is 12.2. The molecular formula is C19H21ClN2O3. The fourth-order valence-electron chi connectivity index (χ4n) is 2.07. The summed E-state index contributed by atoms with van der Waals surface area (Å²) < 4.78 is 5.21. The third-order valence-electron chi connectivity index (χ3n) is 3.62. The van der Waals surface area contributed by atoms with Gasteiger partial charge in [0.05, 0.1) is 10.6 Å². The summed E-state index contributed by atoms with van der Waals surface area (Å²) in [6.07, 6.45) is 0.470. The number of halogens is 1. The van der Waals surface area contributed by atoms with Crippen molar-refractivity contribution in [2.45, 2.75) is 39.2 Å². The Kier molecular flexibility index (Phi) is 5.80. The predicted octanol–water partition coefficient (Wildman–Crippen LogP) is 4.22. The number of benzene rings is 1. The number of amides is 1. The Hall–Kier alpha value is -2.40. The van der Waals surface area contributed by atoms with Crippen molar-refractivity contribution in [1.29, 1.82) is 0 Å². The molecule has 25 heavy (non-hydrogen) atoms. The van der Waals surface area contributed by atoms with Crippen molar-refractivity contribution < 1.29 is 14.3 Å². The van der Waals surface area contributed by atoms with E-state index in [0.717, 1.165) is 5.56 Å². The van der Waals surface area contributed by atoms with Gasteiger partial charge in [-0.25, -0.2) is 9.78 Å². The number of anilines is 1. The Labute approximate surface area is 152 Å². The van der Waals surface area contributed by atoms with Crippen LogP contribution in [-0.2, 0) is 14.9 Å². The quantitative estimate of drug-likeness (QED) is 0.829. The highest BCUT2D eigenvalue weighted by atomic mass is 35.5.